The van der Waals surface area contributed by atoms with E-state index in [1.54, 1.807) is 17.0 Å². The average molecular weight is 674 g/mol. The van der Waals surface area contributed by atoms with Crippen LogP contribution in [0.3, 0.4) is 0 Å². The maximum Gasteiger partial charge on any atom is 0.410 e. The summed E-state index contributed by atoms with van der Waals surface area (Å²) in [6.45, 7) is 14.6. The van der Waals surface area contributed by atoms with Crippen molar-refractivity contribution in [2.75, 3.05) is 33.2 Å². The number of hydrogen-bond acceptors (Lipinski definition) is 6. The third-order valence-electron chi connectivity index (χ3n) is 9.78. The first kappa shape index (κ1) is 37.7. The maximum atomic E-state index is 14.4. The molecule has 2 aliphatic rings. The molecular formula is C38H54F3N3O4. The lowest BCUT2D eigenvalue weighted by atomic mass is 9.88. The molecule has 48 heavy (non-hydrogen) atoms. The Balaban J connectivity index is 1.41. The van der Waals surface area contributed by atoms with Crippen molar-refractivity contribution in [3.05, 3.63) is 71.0 Å². The fraction of sp³-hybridized carbons (Fsp3) is 0.632. The van der Waals surface area contributed by atoms with E-state index in [4.69, 9.17) is 9.47 Å². The molecule has 1 saturated heterocycles. The van der Waals surface area contributed by atoms with Crippen molar-refractivity contribution in [1.82, 2.24) is 14.7 Å². The summed E-state index contributed by atoms with van der Waals surface area (Å²) in [5.74, 6) is -1.91. The molecule has 3 unspecified atom stereocenters. The third-order valence-corrected chi connectivity index (χ3v) is 9.78. The van der Waals surface area contributed by atoms with Gasteiger partial charge in [-0.15, -0.1) is 0 Å². The molecule has 10 heteroatoms. The summed E-state index contributed by atoms with van der Waals surface area (Å²) in [5.41, 5.74) is 0.806. The second kappa shape index (κ2) is 16.5. The Labute approximate surface area is 284 Å². The van der Waals surface area contributed by atoms with Crippen LogP contribution in [-0.2, 0) is 20.9 Å². The van der Waals surface area contributed by atoms with Gasteiger partial charge < -0.3 is 19.3 Å². The molecule has 1 amide bonds. The molecule has 2 aromatic rings. The van der Waals surface area contributed by atoms with Crippen LogP contribution in [0.25, 0.3) is 0 Å². The molecule has 0 aromatic heterocycles. The highest BCUT2D eigenvalue weighted by Gasteiger charge is 2.43. The van der Waals surface area contributed by atoms with E-state index >= 15 is 0 Å². The lowest BCUT2D eigenvalue weighted by Crippen LogP contribution is -2.49. The van der Waals surface area contributed by atoms with E-state index in [9.17, 15) is 22.8 Å². The van der Waals surface area contributed by atoms with Gasteiger partial charge in [0.05, 0.1) is 0 Å². The Morgan fingerprint density at radius 3 is 2.29 bits per heavy atom. The number of nitrogens with zero attached hydrogens (tertiary/aromatic N) is 3. The molecular weight excluding hydrogens is 619 g/mol. The molecule has 0 N–H and O–H groups in total. The summed E-state index contributed by atoms with van der Waals surface area (Å²) in [6.07, 6.45) is 3.60. The molecule has 1 aliphatic heterocycles. The predicted molar refractivity (Wildman–Crippen MR) is 181 cm³/mol. The Morgan fingerprint density at radius 2 is 1.69 bits per heavy atom. The summed E-state index contributed by atoms with van der Waals surface area (Å²) in [5, 5.41) is 0. The van der Waals surface area contributed by atoms with Crippen molar-refractivity contribution in [1.29, 1.82) is 0 Å². The number of hydrogen-bond donors (Lipinski definition) is 0. The van der Waals surface area contributed by atoms with E-state index in [-0.39, 0.29) is 54.3 Å². The van der Waals surface area contributed by atoms with Crippen molar-refractivity contribution in [2.24, 2.45) is 11.8 Å². The largest absolute Gasteiger partial charge is 0.459 e. The molecule has 266 valence electrons. The fourth-order valence-corrected chi connectivity index (χ4v) is 7.54. The molecule has 0 spiro atoms. The van der Waals surface area contributed by atoms with Gasteiger partial charge in [-0.05, 0) is 113 Å². The van der Waals surface area contributed by atoms with E-state index in [2.05, 4.69) is 9.80 Å². The zero-order valence-corrected chi connectivity index (χ0v) is 29.7. The summed E-state index contributed by atoms with van der Waals surface area (Å²) >= 11 is 0. The first-order chi connectivity index (χ1) is 22.7. The van der Waals surface area contributed by atoms with Crippen LogP contribution in [0, 0.1) is 29.3 Å². The number of amides is 1. The van der Waals surface area contributed by atoms with Crippen molar-refractivity contribution in [2.45, 2.75) is 110 Å². The lowest BCUT2D eigenvalue weighted by molar-refractivity contribution is -0.163. The molecule has 2 fully saturated rings. The summed E-state index contributed by atoms with van der Waals surface area (Å²) in [4.78, 5) is 32.9. The van der Waals surface area contributed by atoms with Crippen LogP contribution in [0.5, 0.6) is 0 Å². The van der Waals surface area contributed by atoms with Gasteiger partial charge in [-0.1, -0.05) is 39.0 Å². The van der Waals surface area contributed by atoms with Crippen LogP contribution in [0.1, 0.15) is 90.7 Å². The molecule has 1 saturated carbocycles. The Kier molecular flexibility index (Phi) is 13.0. The number of carbonyl (C=O) groups is 2. The zero-order chi connectivity index (χ0) is 35.2. The average Bonchev–Trinajstić information content (AvgIpc) is 3.43. The summed E-state index contributed by atoms with van der Waals surface area (Å²) < 4.78 is 52.7. The Morgan fingerprint density at radius 1 is 0.979 bits per heavy atom. The molecule has 0 bridgehead atoms. The van der Waals surface area contributed by atoms with E-state index < -0.39 is 23.3 Å². The van der Waals surface area contributed by atoms with E-state index in [1.165, 1.54) is 12.1 Å². The van der Waals surface area contributed by atoms with Crippen LogP contribution in [0.4, 0.5) is 18.0 Å². The minimum atomic E-state index is -0.969. The maximum absolute atomic E-state index is 14.4. The van der Waals surface area contributed by atoms with Crippen molar-refractivity contribution in [3.63, 3.8) is 0 Å². The molecule has 0 radical (unpaired) electrons. The fourth-order valence-electron chi connectivity index (χ4n) is 7.54. The van der Waals surface area contributed by atoms with Crippen molar-refractivity contribution in [3.8, 4) is 0 Å². The quantitative estimate of drug-likeness (QED) is 0.215. The Hall–Kier alpha value is -3.11. The zero-order valence-electron chi connectivity index (χ0n) is 29.7. The Bertz CT molecular complexity index is 1380. The van der Waals surface area contributed by atoms with Crippen molar-refractivity contribution < 1.29 is 32.2 Å². The van der Waals surface area contributed by atoms with Gasteiger partial charge in [0.1, 0.15) is 24.1 Å². The second-order valence-corrected chi connectivity index (χ2v) is 15.0. The number of likely N-dealkylation sites (N-methyl/N-ethyl adjacent to an activating group) is 1. The molecule has 1 heterocycles. The first-order valence-electron chi connectivity index (χ1n) is 17.5. The monoisotopic (exact) mass is 673 g/mol. The highest BCUT2D eigenvalue weighted by molar-refractivity contribution is 5.76. The van der Waals surface area contributed by atoms with E-state index in [0.717, 1.165) is 69.4 Å². The van der Waals surface area contributed by atoms with Gasteiger partial charge in [0, 0.05) is 38.3 Å². The van der Waals surface area contributed by atoms with Crippen LogP contribution in [0.15, 0.2) is 42.5 Å². The van der Waals surface area contributed by atoms with Crippen LogP contribution in [-0.4, -0.2) is 83.7 Å². The third kappa shape index (κ3) is 9.97. The van der Waals surface area contributed by atoms with Crippen LogP contribution in [0.2, 0.25) is 0 Å². The molecule has 7 nitrogen and oxygen atoms in total. The number of rotatable bonds is 12. The molecule has 1 aliphatic carbocycles. The van der Waals surface area contributed by atoms with Crippen LogP contribution < -0.4 is 0 Å². The second-order valence-electron chi connectivity index (χ2n) is 15.0. The van der Waals surface area contributed by atoms with Crippen molar-refractivity contribution >= 4 is 12.1 Å². The number of carbonyl (C=O) groups excluding carboxylic acids is 2. The minimum Gasteiger partial charge on any atom is -0.459 e. The number of ether oxygens (including phenoxy) is 2. The molecule has 4 rings (SSSR count). The van der Waals surface area contributed by atoms with Gasteiger partial charge in [-0.25, -0.2) is 18.0 Å². The number of halogens is 3. The summed E-state index contributed by atoms with van der Waals surface area (Å²) in [7, 11) is 2.02. The van der Waals surface area contributed by atoms with Gasteiger partial charge in [-0.3, -0.25) is 9.69 Å². The predicted octanol–water partition coefficient (Wildman–Crippen LogP) is 7.78. The number of piperidine rings is 1. The standard InChI is InChI=1S/C38H54F3N3O4/c1-8-16-44(37(46)47-24-26-12-13-33(40)34(41)19-26)30-14-17-43(18-15-30)23-28-21-31(22-32(28)27-10-9-11-29(39)20-27)42(7)35(25(2)3)36(45)48-38(4,5)6/h9-13,19-20,25,28,30-32,35H,8,14-18,21-24H2,1-7H3/t28?,31?,32?,35-/m1/s1. The number of likely N-dealkylation sites (tertiary alicyclic amines) is 1. The highest BCUT2D eigenvalue weighted by Crippen LogP contribution is 2.43. The molecule has 4 atom stereocenters. The van der Waals surface area contributed by atoms with Crippen LogP contribution >= 0.6 is 0 Å². The van der Waals surface area contributed by atoms with Gasteiger partial charge in [0.15, 0.2) is 11.6 Å². The number of esters is 1. The number of benzene rings is 2. The van der Waals surface area contributed by atoms with E-state index in [0.29, 0.717) is 12.1 Å². The SMILES string of the molecule is CCCN(C(=O)OCc1ccc(F)c(F)c1)C1CCN(CC2CC(N(C)[C@@H](C(=O)OC(C)(C)C)C(C)C)CC2c2cccc(F)c2)CC1. The lowest BCUT2D eigenvalue weighted by Gasteiger charge is -2.39. The van der Waals surface area contributed by atoms with E-state index in [1.807, 2.05) is 54.7 Å². The normalized spacial score (nSPS) is 21.5. The summed E-state index contributed by atoms with van der Waals surface area (Å²) in [6, 6.07) is 10.2. The highest BCUT2D eigenvalue weighted by atomic mass is 19.2. The van der Waals surface area contributed by atoms with Gasteiger partial charge in [0.2, 0.25) is 0 Å². The topological polar surface area (TPSA) is 62.3 Å². The van der Waals surface area contributed by atoms with Gasteiger partial charge in [0.25, 0.3) is 0 Å². The smallest absolute Gasteiger partial charge is 0.410 e. The van der Waals surface area contributed by atoms with Gasteiger partial charge >= 0.3 is 12.1 Å². The van der Waals surface area contributed by atoms with Gasteiger partial charge in [-0.2, -0.15) is 0 Å². The molecule has 2 aromatic carbocycles. The minimum absolute atomic E-state index is 0.0146. The first-order valence-corrected chi connectivity index (χ1v) is 17.5.